The Morgan fingerprint density at radius 2 is 2.10 bits per heavy atom. The topological polar surface area (TPSA) is 39.5 Å². The van der Waals surface area contributed by atoms with Crippen LogP contribution in [0.1, 0.15) is 24.0 Å². The number of hydrogen-bond acceptors (Lipinski definition) is 4. The van der Waals surface area contributed by atoms with E-state index in [9.17, 15) is 0 Å². The molecule has 0 N–H and O–H groups in total. The third kappa shape index (κ3) is 3.96. The monoisotopic (exact) mass is 273 g/mol. The van der Waals surface area contributed by atoms with E-state index in [-0.39, 0.29) is 0 Å². The molecule has 0 unspecified atom stereocenters. The van der Waals surface area contributed by atoms with Crippen molar-refractivity contribution in [3.8, 4) is 11.8 Å². The molecule has 20 heavy (non-hydrogen) atoms. The molecule has 0 bridgehead atoms. The Morgan fingerprint density at radius 3 is 2.75 bits per heavy atom. The van der Waals surface area contributed by atoms with Crippen molar-refractivity contribution in [2.75, 3.05) is 40.3 Å². The fourth-order valence-corrected chi connectivity index (χ4v) is 2.66. The number of benzene rings is 1. The zero-order chi connectivity index (χ0) is 14.4. The Kier molecular flexibility index (Phi) is 5.40. The lowest BCUT2D eigenvalue weighted by atomic mass is 10.1. The summed E-state index contributed by atoms with van der Waals surface area (Å²) in [6, 6.07) is 7.78. The summed E-state index contributed by atoms with van der Waals surface area (Å²) in [5.41, 5.74) is 1.77. The summed E-state index contributed by atoms with van der Waals surface area (Å²) >= 11 is 0. The van der Waals surface area contributed by atoms with Gasteiger partial charge in [-0.3, -0.25) is 0 Å². The van der Waals surface area contributed by atoms with E-state index in [2.05, 4.69) is 22.9 Å². The number of hydrogen-bond donors (Lipinski definition) is 0. The van der Waals surface area contributed by atoms with Crippen LogP contribution < -0.4 is 4.74 Å². The van der Waals surface area contributed by atoms with Gasteiger partial charge in [-0.1, -0.05) is 0 Å². The van der Waals surface area contributed by atoms with Crippen LogP contribution in [0.5, 0.6) is 5.75 Å². The van der Waals surface area contributed by atoms with Crippen LogP contribution in [0.2, 0.25) is 0 Å². The number of likely N-dealkylation sites (N-methyl/N-ethyl adjacent to an activating group) is 1. The first kappa shape index (κ1) is 14.8. The van der Waals surface area contributed by atoms with Crippen LogP contribution in [0.3, 0.4) is 0 Å². The molecule has 0 saturated carbocycles. The maximum atomic E-state index is 9.00. The van der Waals surface area contributed by atoms with E-state index in [1.54, 1.807) is 13.2 Å². The van der Waals surface area contributed by atoms with Crippen molar-refractivity contribution in [1.82, 2.24) is 9.80 Å². The van der Waals surface area contributed by atoms with E-state index in [0.717, 1.165) is 30.9 Å². The Labute approximate surface area is 121 Å². The predicted molar refractivity (Wildman–Crippen MR) is 79.7 cm³/mol. The first-order chi connectivity index (χ1) is 9.72. The molecule has 4 heteroatoms. The lowest BCUT2D eigenvalue weighted by Crippen LogP contribution is -2.31. The molecule has 1 aromatic rings. The third-order valence-corrected chi connectivity index (χ3v) is 3.85. The molecule has 4 nitrogen and oxygen atoms in total. The van der Waals surface area contributed by atoms with Gasteiger partial charge in [0.25, 0.3) is 0 Å². The van der Waals surface area contributed by atoms with E-state index in [1.807, 2.05) is 12.1 Å². The van der Waals surface area contributed by atoms with E-state index in [4.69, 9.17) is 10.00 Å². The fraction of sp³-hybridized carbons (Fsp3) is 0.562. The minimum atomic E-state index is 0.689. The van der Waals surface area contributed by atoms with Crippen molar-refractivity contribution in [3.63, 3.8) is 0 Å². The Morgan fingerprint density at radius 1 is 1.35 bits per heavy atom. The quantitative estimate of drug-likeness (QED) is 0.795. The van der Waals surface area contributed by atoms with Crippen LogP contribution in [0.25, 0.3) is 0 Å². The van der Waals surface area contributed by atoms with E-state index < -0.39 is 0 Å². The summed E-state index contributed by atoms with van der Waals surface area (Å²) in [6.07, 6.45) is 2.67. The van der Waals surface area contributed by atoms with Crippen LogP contribution in [0.4, 0.5) is 0 Å². The summed E-state index contributed by atoms with van der Waals surface area (Å²) < 4.78 is 5.38. The molecular weight excluding hydrogens is 250 g/mol. The van der Waals surface area contributed by atoms with Gasteiger partial charge in [0.05, 0.1) is 18.7 Å². The average Bonchev–Trinajstić information content (AvgIpc) is 2.98. The van der Waals surface area contributed by atoms with Gasteiger partial charge in [0, 0.05) is 25.2 Å². The molecule has 0 aromatic heterocycles. The van der Waals surface area contributed by atoms with Crippen LogP contribution in [-0.2, 0) is 6.54 Å². The highest BCUT2D eigenvalue weighted by Crippen LogP contribution is 2.21. The van der Waals surface area contributed by atoms with Crippen LogP contribution in [-0.4, -0.2) is 50.1 Å². The number of methoxy groups -OCH3 is 1. The minimum absolute atomic E-state index is 0.689. The number of nitriles is 1. The van der Waals surface area contributed by atoms with E-state index in [1.165, 1.54) is 25.9 Å². The Hall–Kier alpha value is -1.57. The lowest BCUT2D eigenvalue weighted by Gasteiger charge is -2.22. The highest BCUT2D eigenvalue weighted by atomic mass is 16.5. The van der Waals surface area contributed by atoms with Crippen molar-refractivity contribution >= 4 is 0 Å². The second kappa shape index (κ2) is 7.28. The highest BCUT2D eigenvalue weighted by molar-refractivity contribution is 5.41. The predicted octanol–water partition coefficient (Wildman–Crippen LogP) is 2.09. The summed E-state index contributed by atoms with van der Waals surface area (Å²) in [4.78, 5) is 4.80. The van der Waals surface area contributed by atoms with Gasteiger partial charge in [-0.05, 0) is 51.2 Å². The van der Waals surface area contributed by atoms with E-state index >= 15 is 0 Å². The smallest absolute Gasteiger partial charge is 0.123 e. The SMILES string of the molecule is COc1ccc(C#N)cc1CN(C)CCN1CCCC1. The zero-order valence-electron chi connectivity index (χ0n) is 12.4. The molecular formula is C16H23N3O. The molecule has 1 heterocycles. The summed E-state index contributed by atoms with van der Waals surface area (Å²) in [6.45, 7) is 5.45. The first-order valence-corrected chi connectivity index (χ1v) is 7.21. The molecule has 1 saturated heterocycles. The van der Waals surface area contributed by atoms with Gasteiger partial charge < -0.3 is 14.5 Å². The first-order valence-electron chi connectivity index (χ1n) is 7.21. The fourth-order valence-electron chi connectivity index (χ4n) is 2.66. The second-order valence-corrected chi connectivity index (χ2v) is 5.42. The molecule has 0 atom stereocenters. The van der Waals surface area contributed by atoms with Gasteiger partial charge in [-0.25, -0.2) is 0 Å². The van der Waals surface area contributed by atoms with E-state index in [0.29, 0.717) is 5.56 Å². The Bertz CT molecular complexity index is 475. The molecule has 0 aliphatic carbocycles. The van der Waals surface area contributed by atoms with Crippen LogP contribution >= 0.6 is 0 Å². The largest absolute Gasteiger partial charge is 0.496 e. The molecule has 1 fully saturated rings. The summed E-state index contributed by atoms with van der Waals surface area (Å²) in [5.74, 6) is 0.858. The van der Waals surface area contributed by atoms with Gasteiger partial charge in [0.15, 0.2) is 0 Å². The molecule has 0 radical (unpaired) electrons. The molecule has 1 aliphatic heterocycles. The van der Waals surface area contributed by atoms with Crippen LogP contribution in [0, 0.1) is 11.3 Å². The molecule has 2 rings (SSSR count). The number of nitrogens with zero attached hydrogens (tertiary/aromatic N) is 3. The maximum Gasteiger partial charge on any atom is 0.123 e. The van der Waals surface area contributed by atoms with Gasteiger partial charge in [0.2, 0.25) is 0 Å². The van der Waals surface area contributed by atoms with Crippen LogP contribution in [0.15, 0.2) is 18.2 Å². The second-order valence-electron chi connectivity index (χ2n) is 5.42. The van der Waals surface area contributed by atoms with Crippen molar-refractivity contribution in [1.29, 1.82) is 5.26 Å². The lowest BCUT2D eigenvalue weighted by molar-refractivity contribution is 0.250. The van der Waals surface area contributed by atoms with Crippen molar-refractivity contribution < 1.29 is 4.74 Å². The van der Waals surface area contributed by atoms with Crippen molar-refractivity contribution in [3.05, 3.63) is 29.3 Å². The minimum Gasteiger partial charge on any atom is -0.496 e. The zero-order valence-corrected chi connectivity index (χ0v) is 12.4. The van der Waals surface area contributed by atoms with Gasteiger partial charge in [0.1, 0.15) is 5.75 Å². The number of likely N-dealkylation sites (tertiary alicyclic amines) is 1. The van der Waals surface area contributed by atoms with Crippen molar-refractivity contribution in [2.24, 2.45) is 0 Å². The molecule has 0 amide bonds. The van der Waals surface area contributed by atoms with Gasteiger partial charge in [-0.15, -0.1) is 0 Å². The maximum absolute atomic E-state index is 9.00. The number of ether oxygens (including phenoxy) is 1. The summed E-state index contributed by atoms with van der Waals surface area (Å²) in [5, 5.41) is 9.00. The normalized spacial score (nSPS) is 15.5. The average molecular weight is 273 g/mol. The molecule has 1 aromatic carbocycles. The van der Waals surface area contributed by atoms with Gasteiger partial charge >= 0.3 is 0 Å². The third-order valence-electron chi connectivity index (χ3n) is 3.85. The molecule has 0 spiro atoms. The summed E-state index contributed by atoms with van der Waals surface area (Å²) in [7, 11) is 3.80. The van der Waals surface area contributed by atoms with Gasteiger partial charge in [-0.2, -0.15) is 5.26 Å². The Balaban J connectivity index is 1.92. The molecule has 1 aliphatic rings. The van der Waals surface area contributed by atoms with Crippen molar-refractivity contribution in [2.45, 2.75) is 19.4 Å². The number of rotatable bonds is 6. The molecule has 108 valence electrons. The highest BCUT2D eigenvalue weighted by Gasteiger charge is 2.13. The standard InChI is InChI=1S/C16H23N3O/c1-18(9-10-19-7-3-4-8-19)13-15-11-14(12-17)5-6-16(15)20-2/h5-6,11H,3-4,7-10,13H2,1-2H3.